The van der Waals surface area contributed by atoms with Crippen molar-refractivity contribution in [1.82, 2.24) is 0 Å². The Kier molecular flexibility index (Phi) is 5.31. The largest absolute Gasteiger partial charge is 0.382 e. The van der Waals surface area contributed by atoms with Crippen LogP contribution in [0, 0.1) is 11.8 Å². The predicted octanol–water partition coefficient (Wildman–Crippen LogP) is 4.11. The Morgan fingerprint density at radius 3 is 2.71 bits per heavy atom. The van der Waals surface area contributed by atoms with Crippen molar-refractivity contribution >= 4 is 15.5 Å². The quantitative estimate of drug-likeness (QED) is 0.890. The zero-order valence-electron chi connectivity index (χ0n) is 13.3. The molecule has 1 saturated carbocycles. The van der Waals surface area contributed by atoms with Gasteiger partial charge >= 0.3 is 0 Å². The van der Waals surface area contributed by atoms with Gasteiger partial charge in [-0.05, 0) is 49.3 Å². The van der Waals surface area contributed by atoms with Gasteiger partial charge in [0.25, 0.3) is 0 Å². The zero-order chi connectivity index (χ0) is 15.5. The molecule has 1 N–H and O–H groups in total. The maximum Gasteiger partial charge on any atom is 0.175 e. The van der Waals surface area contributed by atoms with Gasteiger partial charge in [0.1, 0.15) is 0 Å². The first-order valence-corrected chi connectivity index (χ1v) is 9.80. The third kappa shape index (κ3) is 5.03. The fourth-order valence-electron chi connectivity index (χ4n) is 3.36. The van der Waals surface area contributed by atoms with Crippen molar-refractivity contribution in [3.8, 4) is 0 Å². The van der Waals surface area contributed by atoms with Crippen molar-refractivity contribution in [3.05, 3.63) is 24.3 Å². The molecule has 1 aliphatic carbocycles. The van der Waals surface area contributed by atoms with E-state index in [0.29, 0.717) is 10.9 Å². The fraction of sp³-hybridized carbons (Fsp3) is 0.647. The Labute approximate surface area is 129 Å². The zero-order valence-corrected chi connectivity index (χ0v) is 14.1. The van der Waals surface area contributed by atoms with Crippen molar-refractivity contribution in [2.45, 2.75) is 56.9 Å². The molecular formula is C17H27NO2S. The van der Waals surface area contributed by atoms with Crippen molar-refractivity contribution in [2.24, 2.45) is 11.8 Å². The van der Waals surface area contributed by atoms with E-state index in [4.69, 9.17) is 0 Å². The van der Waals surface area contributed by atoms with Crippen molar-refractivity contribution in [2.75, 3.05) is 11.6 Å². The molecule has 0 aliphatic heterocycles. The summed E-state index contributed by atoms with van der Waals surface area (Å²) in [6.45, 7) is 4.57. The van der Waals surface area contributed by atoms with Gasteiger partial charge in [0, 0.05) is 18.0 Å². The number of anilines is 1. The predicted molar refractivity (Wildman–Crippen MR) is 88.4 cm³/mol. The van der Waals surface area contributed by atoms with E-state index in [9.17, 15) is 8.42 Å². The lowest BCUT2D eigenvalue weighted by atomic mass is 9.81. The van der Waals surface area contributed by atoms with Crippen molar-refractivity contribution < 1.29 is 8.42 Å². The van der Waals surface area contributed by atoms with Crippen LogP contribution in [0.1, 0.15) is 46.0 Å². The highest BCUT2D eigenvalue weighted by Gasteiger charge is 2.22. The average molecular weight is 309 g/mol. The van der Waals surface area contributed by atoms with Crippen LogP contribution in [0.2, 0.25) is 0 Å². The topological polar surface area (TPSA) is 46.2 Å². The van der Waals surface area contributed by atoms with Gasteiger partial charge in [-0.25, -0.2) is 8.42 Å². The lowest BCUT2D eigenvalue weighted by Gasteiger charge is -2.31. The highest BCUT2D eigenvalue weighted by atomic mass is 32.2. The summed E-state index contributed by atoms with van der Waals surface area (Å²) in [5.41, 5.74) is 0.924. The molecule has 1 aromatic rings. The Morgan fingerprint density at radius 2 is 2.05 bits per heavy atom. The van der Waals surface area contributed by atoms with Gasteiger partial charge in [0.05, 0.1) is 4.90 Å². The maximum absolute atomic E-state index is 11.6. The summed E-state index contributed by atoms with van der Waals surface area (Å²) in [5.74, 6) is 1.55. The minimum Gasteiger partial charge on any atom is -0.382 e. The van der Waals surface area contributed by atoms with E-state index >= 15 is 0 Å². The lowest BCUT2D eigenvalue weighted by Crippen LogP contribution is -2.28. The van der Waals surface area contributed by atoms with E-state index in [0.717, 1.165) is 17.5 Å². The van der Waals surface area contributed by atoms with Gasteiger partial charge in [-0.1, -0.05) is 32.8 Å². The van der Waals surface area contributed by atoms with E-state index in [2.05, 4.69) is 19.2 Å². The number of hydrogen-bond donors (Lipinski definition) is 1. The Bertz CT molecular complexity index is 566. The average Bonchev–Trinajstić information content (AvgIpc) is 2.37. The molecule has 2 unspecified atom stereocenters. The lowest BCUT2D eigenvalue weighted by molar-refractivity contribution is 0.289. The Morgan fingerprint density at radius 1 is 1.29 bits per heavy atom. The fourth-order valence-corrected chi connectivity index (χ4v) is 4.02. The molecule has 0 amide bonds. The summed E-state index contributed by atoms with van der Waals surface area (Å²) >= 11 is 0. The normalized spacial score (nSPS) is 23.2. The van der Waals surface area contributed by atoms with E-state index in [1.54, 1.807) is 12.1 Å². The number of nitrogens with one attached hydrogen (secondary N) is 1. The Balaban J connectivity index is 2.01. The third-order valence-corrected chi connectivity index (χ3v) is 5.33. The monoisotopic (exact) mass is 309 g/mol. The molecule has 0 spiro atoms. The minimum atomic E-state index is -3.13. The van der Waals surface area contributed by atoms with Crippen molar-refractivity contribution in [1.29, 1.82) is 0 Å². The molecule has 2 rings (SSSR count). The van der Waals surface area contributed by atoms with Crippen LogP contribution >= 0.6 is 0 Å². The SMILES string of the molecule is CC(C)CC1CCCC(Nc2cccc(S(C)(=O)=O)c2)C1. The van der Waals surface area contributed by atoms with E-state index in [1.165, 1.54) is 38.4 Å². The standard InChI is InChI=1S/C17H27NO2S/c1-13(2)10-14-6-4-7-15(11-14)18-16-8-5-9-17(12-16)21(3,19)20/h5,8-9,12-15,18H,4,6-7,10-11H2,1-3H3. The summed E-state index contributed by atoms with van der Waals surface area (Å²) in [6, 6.07) is 7.65. The number of sulfone groups is 1. The van der Waals surface area contributed by atoms with Crippen LogP contribution in [0.5, 0.6) is 0 Å². The second kappa shape index (κ2) is 6.82. The Hall–Kier alpha value is -1.03. The van der Waals surface area contributed by atoms with E-state index in [1.807, 2.05) is 12.1 Å². The van der Waals surface area contributed by atoms with Crippen molar-refractivity contribution in [3.63, 3.8) is 0 Å². The van der Waals surface area contributed by atoms with Crippen LogP contribution in [0.25, 0.3) is 0 Å². The molecule has 0 bridgehead atoms. The molecule has 118 valence electrons. The molecule has 3 nitrogen and oxygen atoms in total. The van der Waals surface area contributed by atoms with Gasteiger partial charge in [-0.2, -0.15) is 0 Å². The summed E-state index contributed by atoms with van der Waals surface area (Å²) < 4.78 is 23.2. The molecular weight excluding hydrogens is 282 g/mol. The van der Waals surface area contributed by atoms with Crippen LogP contribution in [0.15, 0.2) is 29.2 Å². The van der Waals surface area contributed by atoms with E-state index in [-0.39, 0.29) is 0 Å². The molecule has 0 radical (unpaired) electrons. The molecule has 1 aromatic carbocycles. The first kappa shape index (κ1) is 16.3. The molecule has 21 heavy (non-hydrogen) atoms. The highest BCUT2D eigenvalue weighted by Crippen LogP contribution is 2.31. The first-order valence-electron chi connectivity index (χ1n) is 7.91. The molecule has 1 fully saturated rings. The van der Waals surface area contributed by atoms with Crippen LogP contribution < -0.4 is 5.32 Å². The smallest absolute Gasteiger partial charge is 0.175 e. The van der Waals surface area contributed by atoms with Gasteiger partial charge in [0.15, 0.2) is 9.84 Å². The van der Waals surface area contributed by atoms with Crippen LogP contribution in [0.4, 0.5) is 5.69 Å². The van der Waals surface area contributed by atoms with E-state index < -0.39 is 9.84 Å². The number of benzene rings is 1. The van der Waals surface area contributed by atoms with Gasteiger partial charge in [-0.3, -0.25) is 0 Å². The molecule has 1 aliphatic rings. The summed E-state index contributed by atoms with van der Waals surface area (Å²) in [4.78, 5) is 0.391. The summed E-state index contributed by atoms with van der Waals surface area (Å²) in [5, 5.41) is 3.53. The van der Waals surface area contributed by atoms with Crippen LogP contribution in [-0.2, 0) is 9.84 Å². The second-order valence-electron chi connectivity index (χ2n) is 6.80. The van der Waals surface area contributed by atoms with Gasteiger partial charge in [0.2, 0.25) is 0 Å². The first-order chi connectivity index (χ1) is 9.84. The molecule has 4 heteroatoms. The van der Waals surface area contributed by atoms with Crippen LogP contribution in [0.3, 0.4) is 0 Å². The molecule has 0 saturated heterocycles. The third-order valence-electron chi connectivity index (χ3n) is 4.22. The highest BCUT2D eigenvalue weighted by molar-refractivity contribution is 7.90. The maximum atomic E-state index is 11.6. The molecule has 2 atom stereocenters. The summed E-state index contributed by atoms with van der Waals surface area (Å²) in [6.07, 6.45) is 7.52. The number of hydrogen-bond acceptors (Lipinski definition) is 3. The van der Waals surface area contributed by atoms with Gasteiger partial charge < -0.3 is 5.32 Å². The summed E-state index contributed by atoms with van der Waals surface area (Å²) in [7, 11) is -3.13. The van der Waals surface area contributed by atoms with Crippen LogP contribution in [-0.4, -0.2) is 20.7 Å². The van der Waals surface area contributed by atoms with Gasteiger partial charge in [-0.15, -0.1) is 0 Å². The minimum absolute atomic E-state index is 0.391. The second-order valence-corrected chi connectivity index (χ2v) is 8.82. The number of rotatable bonds is 5. The molecule has 0 aromatic heterocycles. The molecule has 0 heterocycles.